The van der Waals surface area contributed by atoms with Gasteiger partial charge in [0.15, 0.2) is 6.29 Å². The summed E-state index contributed by atoms with van der Waals surface area (Å²) in [7, 11) is 0. The van der Waals surface area contributed by atoms with Crippen LogP contribution in [0.2, 0.25) is 0 Å². The summed E-state index contributed by atoms with van der Waals surface area (Å²) < 4.78 is 0. The van der Waals surface area contributed by atoms with Crippen molar-refractivity contribution < 1.29 is 24.9 Å². The van der Waals surface area contributed by atoms with Gasteiger partial charge in [-0.05, 0) is 141 Å². The van der Waals surface area contributed by atoms with Crippen molar-refractivity contribution in [2.24, 2.45) is 56.7 Å². The van der Waals surface area contributed by atoms with Crippen molar-refractivity contribution in [3.05, 3.63) is 53.6 Å². The Bertz CT molecular complexity index is 1550. The normalized spacial score (nSPS) is 38.4. The Morgan fingerprint density at radius 3 is 2.22 bits per heavy atom. The summed E-state index contributed by atoms with van der Waals surface area (Å²) in [4.78, 5) is 27.9. The monoisotopic (exact) mass is 702 g/mol. The lowest BCUT2D eigenvalue weighted by Gasteiger charge is -2.72. The molecule has 0 bridgehead atoms. The summed E-state index contributed by atoms with van der Waals surface area (Å²) in [5.41, 5.74) is 4.37. The smallest absolute Gasteiger partial charge is 0.317 e. The van der Waals surface area contributed by atoms with E-state index in [2.05, 4.69) is 71.6 Å². The minimum absolute atomic E-state index is 0.0165. The highest BCUT2D eigenvalue weighted by molar-refractivity contribution is 5.84. The predicted molar refractivity (Wildman–Crippen MR) is 203 cm³/mol. The zero-order valence-electron chi connectivity index (χ0n) is 32.7. The van der Waals surface area contributed by atoms with E-state index in [9.17, 15) is 24.9 Å². The first-order valence-electron chi connectivity index (χ1n) is 19.9. The lowest BCUT2D eigenvalue weighted by molar-refractivity contribution is -0.225. The summed E-state index contributed by atoms with van der Waals surface area (Å²) >= 11 is 0. The number of benzene rings is 1. The Morgan fingerprint density at radius 2 is 1.61 bits per heavy atom. The van der Waals surface area contributed by atoms with Crippen LogP contribution >= 0.6 is 0 Å². The van der Waals surface area contributed by atoms with Crippen LogP contribution in [0.3, 0.4) is 0 Å². The van der Waals surface area contributed by atoms with Crippen LogP contribution in [0, 0.1) is 56.7 Å². The fourth-order valence-electron chi connectivity index (χ4n) is 13.7. The quantitative estimate of drug-likeness (QED) is 0.145. The van der Waals surface area contributed by atoms with Crippen LogP contribution in [0.4, 0.5) is 0 Å². The van der Waals surface area contributed by atoms with Crippen molar-refractivity contribution in [2.45, 2.75) is 126 Å². The molecule has 0 heterocycles. The zero-order chi connectivity index (χ0) is 37.3. The molecule has 7 nitrogen and oxygen atoms in total. The van der Waals surface area contributed by atoms with Crippen LogP contribution in [0.5, 0.6) is 0 Å². The zero-order valence-corrected chi connectivity index (χ0v) is 32.7. The van der Waals surface area contributed by atoms with Gasteiger partial charge in [0.05, 0.1) is 12.0 Å². The molecule has 1 aromatic rings. The predicted octanol–water partition coefficient (Wildman–Crippen LogP) is 8.23. The molecule has 6 rings (SSSR count). The number of nitrogens with zero attached hydrogens (tertiary/aromatic N) is 1. The van der Waals surface area contributed by atoms with E-state index in [0.717, 1.165) is 38.5 Å². The average molecular weight is 703 g/mol. The third-order valence-corrected chi connectivity index (χ3v) is 16.4. The lowest BCUT2D eigenvalue weighted by atomic mass is 9.32. The van der Waals surface area contributed by atoms with Crippen molar-refractivity contribution >= 4 is 17.4 Å². The second kappa shape index (κ2) is 13.4. The van der Waals surface area contributed by atoms with Gasteiger partial charge in [-0.3, -0.25) is 14.5 Å². The molecular weight excluding hydrogens is 636 g/mol. The van der Waals surface area contributed by atoms with Crippen LogP contribution in [0.25, 0.3) is 5.57 Å². The Morgan fingerprint density at radius 1 is 0.922 bits per heavy atom. The highest BCUT2D eigenvalue weighted by Gasteiger charge is 2.71. The molecule has 9 atom stereocenters. The molecule has 0 radical (unpaired) electrons. The van der Waals surface area contributed by atoms with Crippen molar-refractivity contribution in [3.63, 3.8) is 0 Å². The highest BCUT2D eigenvalue weighted by Crippen LogP contribution is 2.77. The maximum absolute atomic E-state index is 14.5. The second-order valence-electron chi connectivity index (χ2n) is 19.1. The number of carboxylic acid groups (broad SMARTS) is 1. The van der Waals surface area contributed by atoms with Gasteiger partial charge in [0, 0.05) is 24.7 Å². The molecule has 5 aliphatic carbocycles. The van der Waals surface area contributed by atoms with E-state index < -0.39 is 12.3 Å². The van der Waals surface area contributed by atoms with Gasteiger partial charge in [0.1, 0.15) is 0 Å². The molecule has 1 aromatic carbocycles. The van der Waals surface area contributed by atoms with Crippen LogP contribution in [0.1, 0.15) is 131 Å². The standard InChI is InChI=1S/C44H66N2O5/c1-27(2)31-16-21-44(39(51)45-24-25-46(28(3)4)26-36(47)48)23-22-42(8)33(37(31)44)14-15-35-41(7)19-17-32(29-10-12-30(13-11-29)38(49)50)40(5,6)34(41)18-20-43(35,42)9/h10-13,17,28,31,33-35,37-38,49-50H,1,14-16,18-26H2,2-9H3,(H,45,51)(H,47,48). The number of fused-ring (bicyclic) bond motifs is 7. The van der Waals surface area contributed by atoms with E-state index in [0.29, 0.717) is 42.3 Å². The van der Waals surface area contributed by atoms with Gasteiger partial charge in [-0.25, -0.2) is 0 Å². The number of aliphatic hydroxyl groups excluding tert-OH is 1. The number of hydrogen-bond acceptors (Lipinski definition) is 5. The number of carbonyl (C=O) groups excluding carboxylic acids is 1. The summed E-state index contributed by atoms with van der Waals surface area (Å²) in [5, 5.41) is 32.1. The summed E-state index contributed by atoms with van der Waals surface area (Å²) in [6.45, 7) is 24.4. The Hall–Kier alpha value is -2.48. The first-order valence-corrected chi connectivity index (χ1v) is 19.9. The number of rotatable bonds is 10. The van der Waals surface area contributed by atoms with E-state index in [1.165, 1.54) is 36.0 Å². The minimum atomic E-state index is -1.46. The van der Waals surface area contributed by atoms with E-state index in [4.69, 9.17) is 0 Å². The second-order valence-corrected chi connectivity index (χ2v) is 19.1. The Labute approximate surface area is 307 Å². The van der Waals surface area contributed by atoms with Crippen LogP contribution in [0.15, 0.2) is 42.5 Å². The average Bonchev–Trinajstić information content (AvgIpc) is 3.45. The molecule has 0 aliphatic heterocycles. The maximum Gasteiger partial charge on any atom is 0.317 e. The SMILES string of the molecule is C=C(C)C1CCC2(C(=O)NCCN(CC(=O)O)C(C)C)CCC3(C)C(CCC4C5(C)CC=C(c6ccc(C(O)O)cc6)C(C)(C)C5CCC43C)C12. The number of nitrogens with one attached hydrogen (secondary N) is 1. The van der Waals surface area contributed by atoms with Gasteiger partial charge in [-0.2, -0.15) is 0 Å². The first kappa shape index (κ1) is 38.3. The van der Waals surface area contributed by atoms with Crippen molar-refractivity contribution in [1.82, 2.24) is 10.2 Å². The molecule has 51 heavy (non-hydrogen) atoms. The topological polar surface area (TPSA) is 110 Å². The first-order chi connectivity index (χ1) is 23.8. The molecular formula is C44H66N2O5. The number of allylic oxidation sites excluding steroid dienone is 3. The minimum Gasteiger partial charge on any atom is -0.480 e. The third kappa shape index (κ3) is 5.96. The Balaban J connectivity index is 1.28. The number of amides is 1. The lowest BCUT2D eigenvalue weighted by Crippen LogP contribution is -2.66. The van der Waals surface area contributed by atoms with Crippen LogP contribution in [-0.2, 0) is 9.59 Å². The van der Waals surface area contributed by atoms with E-state index in [1.54, 1.807) is 0 Å². The van der Waals surface area contributed by atoms with Crippen LogP contribution in [-0.4, -0.2) is 57.8 Å². The highest BCUT2D eigenvalue weighted by atomic mass is 16.5. The molecule has 4 fully saturated rings. The third-order valence-electron chi connectivity index (χ3n) is 16.4. The molecule has 0 spiro atoms. The summed E-state index contributed by atoms with van der Waals surface area (Å²) in [6.07, 6.45) is 10.8. The summed E-state index contributed by atoms with van der Waals surface area (Å²) in [6, 6.07) is 7.90. The molecule has 7 heteroatoms. The van der Waals surface area contributed by atoms with Crippen molar-refractivity contribution in [1.29, 1.82) is 0 Å². The molecule has 5 aliphatic rings. The van der Waals surface area contributed by atoms with Gasteiger partial charge in [-0.15, -0.1) is 0 Å². The number of carboxylic acids is 1. The molecule has 282 valence electrons. The molecule has 9 unspecified atom stereocenters. The largest absolute Gasteiger partial charge is 0.480 e. The fraction of sp³-hybridized carbons (Fsp3) is 0.727. The van der Waals surface area contributed by atoms with E-state index in [1.807, 2.05) is 30.9 Å². The molecule has 1 amide bonds. The van der Waals surface area contributed by atoms with Gasteiger partial charge >= 0.3 is 5.97 Å². The molecule has 4 saturated carbocycles. The van der Waals surface area contributed by atoms with Gasteiger partial charge in [0.2, 0.25) is 5.91 Å². The fourth-order valence-corrected chi connectivity index (χ4v) is 13.7. The van der Waals surface area contributed by atoms with Crippen molar-refractivity contribution in [3.8, 4) is 0 Å². The molecule has 4 N–H and O–H groups in total. The maximum atomic E-state index is 14.5. The van der Waals surface area contributed by atoms with Gasteiger partial charge in [-0.1, -0.05) is 77.1 Å². The van der Waals surface area contributed by atoms with Crippen LogP contribution < -0.4 is 5.32 Å². The molecule has 0 saturated heterocycles. The number of aliphatic hydroxyl groups is 2. The number of aliphatic carboxylic acids is 1. The molecule has 0 aromatic heterocycles. The van der Waals surface area contributed by atoms with E-state index in [-0.39, 0.29) is 51.5 Å². The number of carbonyl (C=O) groups is 2. The van der Waals surface area contributed by atoms with Gasteiger partial charge < -0.3 is 20.6 Å². The number of hydrogen-bond donors (Lipinski definition) is 4. The van der Waals surface area contributed by atoms with E-state index >= 15 is 0 Å². The summed E-state index contributed by atoms with van der Waals surface area (Å²) in [5.74, 6) is 1.59. The Kier molecular flexibility index (Phi) is 10.1. The van der Waals surface area contributed by atoms with Crippen molar-refractivity contribution in [2.75, 3.05) is 19.6 Å². The van der Waals surface area contributed by atoms with Gasteiger partial charge in [0.25, 0.3) is 0 Å².